The van der Waals surface area contributed by atoms with Crippen molar-refractivity contribution in [3.05, 3.63) is 41.6 Å². The summed E-state index contributed by atoms with van der Waals surface area (Å²) in [5, 5.41) is 8.70. The molecule has 7 nitrogen and oxygen atoms in total. The number of nitrogens with zero attached hydrogens (tertiary/aromatic N) is 5. The van der Waals surface area contributed by atoms with Crippen LogP contribution < -0.4 is 14.5 Å². The number of halogens is 1. The standard InChI is InChI=1S/C19H20ClN5O2/c1-13-8-27-16-7-14(20)4-5-15(16)25(13)18(26)24-11-19(12-24)9-23(10-19)17-3-2-6-21-22-17/h2-7,13H,8-12H2,1H3. The third kappa shape index (κ3) is 2.68. The smallest absolute Gasteiger partial charge is 0.325 e. The number of carbonyl (C=O) groups is 1. The van der Waals surface area contributed by atoms with Crippen LogP contribution in [0, 0.1) is 5.41 Å². The second-order valence-corrected chi connectivity index (χ2v) is 8.16. The number of amides is 2. The van der Waals surface area contributed by atoms with Crippen molar-refractivity contribution >= 4 is 29.1 Å². The van der Waals surface area contributed by atoms with E-state index in [4.69, 9.17) is 16.3 Å². The Labute approximate surface area is 162 Å². The van der Waals surface area contributed by atoms with Crippen LogP contribution >= 0.6 is 11.6 Å². The van der Waals surface area contributed by atoms with Gasteiger partial charge in [-0.25, -0.2) is 4.79 Å². The predicted octanol–water partition coefficient (Wildman–Crippen LogP) is 2.66. The first-order valence-corrected chi connectivity index (χ1v) is 9.46. The van der Waals surface area contributed by atoms with E-state index in [9.17, 15) is 4.79 Å². The zero-order valence-corrected chi connectivity index (χ0v) is 15.8. The lowest BCUT2D eigenvalue weighted by Crippen LogP contribution is -2.74. The molecule has 27 heavy (non-hydrogen) atoms. The maximum absolute atomic E-state index is 13.1. The van der Waals surface area contributed by atoms with Crippen LogP contribution in [0.4, 0.5) is 16.3 Å². The van der Waals surface area contributed by atoms with Gasteiger partial charge < -0.3 is 14.5 Å². The van der Waals surface area contributed by atoms with E-state index in [1.54, 1.807) is 18.3 Å². The number of hydrogen-bond acceptors (Lipinski definition) is 5. The largest absolute Gasteiger partial charge is 0.489 e. The van der Waals surface area contributed by atoms with Gasteiger partial charge in [0.1, 0.15) is 12.4 Å². The lowest BCUT2D eigenvalue weighted by molar-refractivity contribution is 0.00850. The van der Waals surface area contributed by atoms with E-state index >= 15 is 0 Å². The maximum atomic E-state index is 13.1. The van der Waals surface area contributed by atoms with E-state index in [0.29, 0.717) is 17.4 Å². The highest BCUT2D eigenvalue weighted by Crippen LogP contribution is 2.43. The van der Waals surface area contributed by atoms with E-state index in [2.05, 4.69) is 15.1 Å². The number of likely N-dealkylation sites (tertiary alicyclic amines) is 1. The van der Waals surface area contributed by atoms with Gasteiger partial charge in [0, 0.05) is 48.9 Å². The Hall–Kier alpha value is -2.54. The van der Waals surface area contributed by atoms with Crippen molar-refractivity contribution in [1.82, 2.24) is 15.1 Å². The summed E-state index contributed by atoms with van der Waals surface area (Å²) in [6.07, 6.45) is 1.68. The van der Waals surface area contributed by atoms with Crippen LogP contribution in [-0.2, 0) is 0 Å². The highest BCUT2D eigenvalue weighted by molar-refractivity contribution is 6.30. The van der Waals surface area contributed by atoms with Crippen LogP contribution in [-0.4, -0.2) is 60.0 Å². The molecule has 2 aromatic rings. The molecule has 1 aromatic carbocycles. The van der Waals surface area contributed by atoms with Crippen molar-refractivity contribution in [2.75, 3.05) is 42.6 Å². The first-order valence-electron chi connectivity index (χ1n) is 9.08. The number of fused-ring (bicyclic) bond motifs is 1. The minimum atomic E-state index is -0.0137. The van der Waals surface area contributed by atoms with E-state index in [0.717, 1.165) is 37.7 Å². The molecule has 4 heterocycles. The molecule has 0 N–H and O–H groups in total. The second kappa shape index (κ2) is 5.99. The van der Waals surface area contributed by atoms with Crippen molar-refractivity contribution in [1.29, 1.82) is 0 Å². The average molecular weight is 386 g/mol. The first-order chi connectivity index (χ1) is 13.0. The number of hydrogen-bond donors (Lipinski definition) is 0. The van der Waals surface area contributed by atoms with E-state index < -0.39 is 0 Å². The minimum Gasteiger partial charge on any atom is -0.489 e. The normalized spacial score (nSPS) is 22.6. The zero-order chi connectivity index (χ0) is 18.6. The fraction of sp³-hybridized carbons (Fsp3) is 0.421. The van der Waals surface area contributed by atoms with Crippen molar-refractivity contribution in [2.45, 2.75) is 13.0 Å². The van der Waals surface area contributed by atoms with Gasteiger partial charge in [0.2, 0.25) is 0 Å². The minimum absolute atomic E-state index is 0.0137. The molecular formula is C19H20ClN5O2. The quantitative estimate of drug-likeness (QED) is 0.755. The number of ether oxygens (including phenoxy) is 1. The Morgan fingerprint density at radius 3 is 2.81 bits per heavy atom. The van der Waals surface area contributed by atoms with Crippen LogP contribution in [0.3, 0.4) is 0 Å². The number of carbonyl (C=O) groups excluding carboxylic acids is 1. The van der Waals surface area contributed by atoms with Crippen molar-refractivity contribution in [2.24, 2.45) is 5.41 Å². The zero-order valence-electron chi connectivity index (χ0n) is 15.0. The summed E-state index contributed by atoms with van der Waals surface area (Å²) < 4.78 is 5.75. The molecule has 1 spiro atoms. The molecule has 3 aliphatic heterocycles. The molecule has 5 rings (SSSR count). The van der Waals surface area contributed by atoms with Crippen LogP contribution in [0.2, 0.25) is 5.02 Å². The number of benzene rings is 1. The lowest BCUT2D eigenvalue weighted by atomic mass is 9.73. The van der Waals surface area contributed by atoms with E-state index in [1.807, 2.05) is 34.9 Å². The highest BCUT2D eigenvalue weighted by Gasteiger charge is 2.54. The van der Waals surface area contributed by atoms with Gasteiger partial charge in [-0.05, 0) is 31.2 Å². The van der Waals surface area contributed by atoms with Crippen LogP contribution in [0.5, 0.6) is 5.75 Å². The molecule has 2 fully saturated rings. The molecule has 2 saturated heterocycles. The summed E-state index contributed by atoms with van der Waals surface area (Å²) in [6.45, 7) is 5.86. The highest BCUT2D eigenvalue weighted by atomic mass is 35.5. The molecule has 8 heteroatoms. The van der Waals surface area contributed by atoms with E-state index in [-0.39, 0.29) is 17.5 Å². The summed E-state index contributed by atoms with van der Waals surface area (Å²) in [4.78, 5) is 19.1. The van der Waals surface area contributed by atoms with Crippen LogP contribution in [0.1, 0.15) is 6.92 Å². The molecule has 140 valence electrons. The molecule has 1 aromatic heterocycles. The second-order valence-electron chi connectivity index (χ2n) is 7.72. The van der Waals surface area contributed by atoms with Gasteiger partial charge in [0.25, 0.3) is 0 Å². The Kier molecular flexibility index (Phi) is 3.69. The summed E-state index contributed by atoms with van der Waals surface area (Å²) in [5.74, 6) is 1.57. The van der Waals surface area contributed by atoms with Gasteiger partial charge in [-0.15, -0.1) is 5.10 Å². The van der Waals surface area contributed by atoms with Crippen molar-refractivity contribution < 1.29 is 9.53 Å². The molecule has 1 atom stereocenters. The molecule has 0 radical (unpaired) electrons. The fourth-order valence-electron chi connectivity index (χ4n) is 4.26. The van der Waals surface area contributed by atoms with Gasteiger partial charge in [-0.2, -0.15) is 5.10 Å². The average Bonchev–Trinajstić information content (AvgIpc) is 2.60. The fourth-order valence-corrected chi connectivity index (χ4v) is 4.42. The summed E-state index contributed by atoms with van der Waals surface area (Å²) in [5.41, 5.74) is 0.977. The van der Waals surface area contributed by atoms with Gasteiger partial charge in [0.15, 0.2) is 5.82 Å². The van der Waals surface area contributed by atoms with Gasteiger partial charge >= 0.3 is 6.03 Å². The molecule has 0 aliphatic carbocycles. The third-order valence-corrected chi connectivity index (χ3v) is 5.80. The summed E-state index contributed by atoms with van der Waals surface area (Å²) in [7, 11) is 0. The van der Waals surface area contributed by atoms with Gasteiger partial charge in [-0.1, -0.05) is 11.6 Å². The number of rotatable bonds is 1. The molecular weight excluding hydrogens is 366 g/mol. The monoisotopic (exact) mass is 385 g/mol. The topological polar surface area (TPSA) is 61.8 Å². The predicted molar refractivity (Wildman–Crippen MR) is 103 cm³/mol. The van der Waals surface area contributed by atoms with Crippen LogP contribution in [0.25, 0.3) is 0 Å². The Morgan fingerprint density at radius 1 is 1.26 bits per heavy atom. The Morgan fingerprint density at radius 2 is 2.07 bits per heavy atom. The summed E-state index contributed by atoms with van der Waals surface area (Å²) >= 11 is 6.06. The number of aromatic nitrogens is 2. The molecule has 1 unspecified atom stereocenters. The van der Waals surface area contributed by atoms with Crippen molar-refractivity contribution in [3.63, 3.8) is 0 Å². The SMILES string of the molecule is CC1COc2cc(Cl)ccc2N1C(=O)N1CC2(C1)CN(c1cccnn1)C2. The first kappa shape index (κ1) is 16.6. The molecule has 0 bridgehead atoms. The lowest BCUT2D eigenvalue weighted by Gasteiger charge is -2.61. The number of urea groups is 1. The summed E-state index contributed by atoms with van der Waals surface area (Å²) in [6, 6.07) is 9.32. The third-order valence-electron chi connectivity index (χ3n) is 5.57. The molecule has 3 aliphatic rings. The Balaban J connectivity index is 1.26. The Bertz CT molecular complexity index is 879. The molecule has 0 saturated carbocycles. The van der Waals surface area contributed by atoms with E-state index in [1.165, 1.54) is 0 Å². The maximum Gasteiger partial charge on any atom is 0.325 e. The van der Waals surface area contributed by atoms with Gasteiger partial charge in [-0.3, -0.25) is 4.90 Å². The van der Waals surface area contributed by atoms with Gasteiger partial charge in [0.05, 0.1) is 11.7 Å². The van der Waals surface area contributed by atoms with Crippen LogP contribution in [0.15, 0.2) is 36.5 Å². The van der Waals surface area contributed by atoms with Crippen molar-refractivity contribution in [3.8, 4) is 5.75 Å². The number of anilines is 2. The molecule has 2 amide bonds.